The van der Waals surface area contributed by atoms with Gasteiger partial charge in [0.05, 0.1) is 11.7 Å². The van der Waals surface area contributed by atoms with Crippen LogP contribution in [0.4, 0.5) is 5.88 Å². The molecule has 2 aromatic heterocycles. The molecule has 1 atom stereocenters. The summed E-state index contributed by atoms with van der Waals surface area (Å²) in [5.74, 6) is 0.372. The molecule has 0 spiro atoms. The van der Waals surface area contributed by atoms with Crippen LogP contribution < -0.4 is 5.32 Å². The summed E-state index contributed by atoms with van der Waals surface area (Å²) in [4.78, 5) is 18.5. The Morgan fingerprint density at radius 2 is 2.21 bits per heavy atom. The Bertz CT molecular complexity index is 647. The fourth-order valence-electron chi connectivity index (χ4n) is 2.91. The molecule has 7 heteroatoms. The van der Waals surface area contributed by atoms with E-state index in [9.17, 15) is 4.79 Å². The molecule has 130 valence electrons. The Balaban J connectivity index is 1.42. The third-order valence-corrected chi connectivity index (χ3v) is 5.40. The lowest BCUT2D eigenvalue weighted by molar-refractivity contribution is -0.121. The summed E-state index contributed by atoms with van der Waals surface area (Å²) in [7, 11) is 0. The van der Waals surface area contributed by atoms with E-state index in [-0.39, 0.29) is 11.9 Å². The van der Waals surface area contributed by atoms with E-state index >= 15 is 0 Å². The van der Waals surface area contributed by atoms with Gasteiger partial charge in [0, 0.05) is 43.7 Å². The maximum Gasteiger partial charge on any atom is 0.243 e. The minimum absolute atomic E-state index is 0.0433. The van der Waals surface area contributed by atoms with Crippen LogP contribution in [0.1, 0.15) is 17.5 Å². The molecule has 2 aromatic rings. The number of rotatable bonds is 6. The Morgan fingerprint density at radius 1 is 1.42 bits per heavy atom. The maximum absolute atomic E-state index is 12.3. The molecule has 6 nitrogen and oxygen atoms in total. The van der Waals surface area contributed by atoms with Gasteiger partial charge in [0.25, 0.3) is 0 Å². The van der Waals surface area contributed by atoms with Crippen molar-refractivity contribution in [2.24, 2.45) is 0 Å². The number of nitrogens with one attached hydrogen (secondary N) is 1. The Hall–Kier alpha value is -1.70. The fraction of sp³-hybridized carbons (Fsp3) is 0.529. The average molecular weight is 348 g/mol. The first-order chi connectivity index (χ1) is 11.6. The number of carbonyl (C=O) groups excluding carboxylic acids is 1. The van der Waals surface area contributed by atoms with Gasteiger partial charge in [-0.1, -0.05) is 11.2 Å². The number of amides is 1. The van der Waals surface area contributed by atoms with Crippen molar-refractivity contribution in [3.05, 3.63) is 34.2 Å². The fourth-order valence-corrected chi connectivity index (χ4v) is 3.61. The number of hydrogen-bond acceptors (Lipinski definition) is 6. The molecule has 24 heavy (non-hydrogen) atoms. The first-order valence-electron chi connectivity index (χ1n) is 8.35. The minimum Gasteiger partial charge on any atom is -0.338 e. The number of aromatic nitrogens is 1. The molecule has 1 saturated heterocycles. The first-order valence-corrected chi connectivity index (χ1v) is 9.23. The maximum atomic E-state index is 12.3. The highest BCUT2D eigenvalue weighted by Crippen LogP contribution is 2.13. The average Bonchev–Trinajstić information content (AvgIpc) is 3.24. The van der Waals surface area contributed by atoms with Crippen LogP contribution in [-0.4, -0.2) is 59.6 Å². The number of aryl methyl sites for hydroxylation is 1. The van der Waals surface area contributed by atoms with Gasteiger partial charge in [0.2, 0.25) is 11.8 Å². The van der Waals surface area contributed by atoms with Gasteiger partial charge in [-0.25, -0.2) is 0 Å². The van der Waals surface area contributed by atoms with E-state index in [2.05, 4.69) is 37.8 Å². The van der Waals surface area contributed by atoms with Gasteiger partial charge in [-0.2, -0.15) is 0 Å². The van der Waals surface area contributed by atoms with Crippen LogP contribution in [0.25, 0.3) is 0 Å². The molecule has 0 aliphatic carbocycles. The monoisotopic (exact) mass is 348 g/mol. The van der Waals surface area contributed by atoms with Crippen LogP contribution in [0.5, 0.6) is 0 Å². The standard InChI is InChI=1S/C17H24N4O2S/c1-13-12-16(23-19-13)18-17(22)14(2)21-9-7-20(8-10-21)6-5-15-4-3-11-24-15/h3-4,11-12,14H,5-10H2,1-2H3,(H,18,22)/t14-/m1/s1. The number of piperazine rings is 1. The molecular formula is C17H24N4O2S. The predicted octanol–water partition coefficient (Wildman–Crippen LogP) is 2.23. The zero-order valence-electron chi connectivity index (χ0n) is 14.2. The van der Waals surface area contributed by atoms with E-state index < -0.39 is 0 Å². The Labute approximate surface area is 146 Å². The SMILES string of the molecule is Cc1cc(NC(=O)[C@@H](C)N2CCN(CCc3cccs3)CC2)on1. The van der Waals surface area contributed by atoms with Gasteiger partial charge < -0.3 is 9.42 Å². The summed E-state index contributed by atoms with van der Waals surface area (Å²) in [6.45, 7) is 8.70. The summed E-state index contributed by atoms with van der Waals surface area (Å²) in [6, 6.07) is 5.86. The van der Waals surface area contributed by atoms with E-state index in [1.807, 2.05) is 25.2 Å². The zero-order chi connectivity index (χ0) is 16.9. The van der Waals surface area contributed by atoms with Gasteiger partial charge in [-0.05, 0) is 31.7 Å². The third kappa shape index (κ3) is 4.43. The van der Waals surface area contributed by atoms with Crippen LogP contribution in [0.2, 0.25) is 0 Å². The largest absolute Gasteiger partial charge is 0.338 e. The molecule has 1 N–H and O–H groups in total. The second kappa shape index (κ2) is 7.92. The van der Waals surface area contributed by atoms with Crippen LogP contribution in [0.3, 0.4) is 0 Å². The van der Waals surface area contributed by atoms with Gasteiger partial charge in [-0.15, -0.1) is 11.3 Å². The first kappa shape index (κ1) is 17.1. The van der Waals surface area contributed by atoms with E-state index in [1.54, 1.807) is 6.07 Å². The van der Waals surface area contributed by atoms with Crippen molar-refractivity contribution in [3.8, 4) is 0 Å². The lowest BCUT2D eigenvalue weighted by Crippen LogP contribution is -2.53. The molecular weight excluding hydrogens is 324 g/mol. The molecule has 0 aromatic carbocycles. The predicted molar refractivity (Wildman–Crippen MR) is 95.4 cm³/mol. The topological polar surface area (TPSA) is 61.6 Å². The molecule has 1 aliphatic rings. The number of anilines is 1. The number of hydrogen-bond donors (Lipinski definition) is 1. The van der Waals surface area contributed by atoms with Crippen LogP contribution in [-0.2, 0) is 11.2 Å². The summed E-state index contributed by atoms with van der Waals surface area (Å²) < 4.78 is 5.05. The van der Waals surface area contributed by atoms with Crippen molar-refractivity contribution in [1.82, 2.24) is 15.0 Å². The smallest absolute Gasteiger partial charge is 0.243 e. The summed E-state index contributed by atoms with van der Waals surface area (Å²) in [5.41, 5.74) is 0.761. The van der Waals surface area contributed by atoms with E-state index in [4.69, 9.17) is 4.52 Å². The summed E-state index contributed by atoms with van der Waals surface area (Å²) in [5, 5.41) is 8.71. The molecule has 3 rings (SSSR count). The highest BCUT2D eigenvalue weighted by Gasteiger charge is 2.26. The van der Waals surface area contributed by atoms with Crippen molar-refractivity contribution in [2.45, 2.75) is 26.3 Å². The molecule has 0 saturated carbocycles. The van der Waals surface area contributed by atoms with E-state index in [0.717, 1.165) is 44.8 Å². The molecule has 0 radical (unpaired) electrons. The number of thiophene rings is 1. The second-order valence-corrected chi connectivity index (χ2v) is 7.24. The highest BCUT2D eigenvalue weighted by molar-refractivity contribution is 7.09. The van der Waals surface area contributed by atoms with Gasteiger partial charge in [0.1, 0.15) is 0 Å². The molecule has 1 aliphatic heterocycles. The highest BCUT2D eigenvalue weighted by atomic mass is 32.1. The zero-order valence-corrected chi connectivity index (χ0v) is 15.0. The van der Waals surface area contributed by atoms with Gasteiger partial charge >= 0.3 is 0 Å². The van der Waals surface area contributed by atoms with Crippen LogP contribution in [0, 0.1) is 6.92 Å². The molecule has 0 unspecified atom stereocenters. The van der Waals surface area contributed by atoms with Crippen LogP contribution in [0.15, 0.2) is 28.1 Å². The lowest BCUT2D eigenvalue weighted by Gasteiger charge is -2.37. The third-order valence-electron chi connectivity index (χ3n) is 4.46. The molecule has 0 bridgehead atoms. The van der Waals surface area contributed by atoms with Crippen molar-refractivity contribution < 1.29 is 9.32 Å². The van der Waals surface area contributed by atoms with Gasteiger partial charge in [0.15, 0.2) is 0 Å². The van der Waals surface area contributed by atoms with Crippen molar-refractivity contribution >= 4 is 23.1 Å². The number of carbonyl (C=O) groups is 1. The number of nitrogens with zero attached hydrogens (tertiary/aromatic N) is 3. The van der Waals surface area contributed by atoms with Crippen LogP contribution >= 0.6 is 11.3 Å². The normalized spacial score (nSPS) is 17.8. The van der Waals surface area contributed by atoms with Crippen molar-refractivity contribution in [2.75, 3.05) is 38.0 Å². The van der Waals surface area contributed by atoms with Crippen molar-refractivity contribution in [1.29, 1.82) is 0 Å². The Morgan fingerprint density at radius 3 is 2.83 bits per heavy atom. The molecule has 1 amide bonds. The Kier molecular flexibility index (Phi) is 5.65. The quantitative estimate of drug-likeness (QED) is 0.867. The molecule has 1 fully saturated rings. The minimum atomic E-state index is -0.171. The lowest BCUT2D eigenvalue weighted by atomic mass is 10.2. The second-order valence-electron chi connectivity index (χ2n) is 6.20. The summed E-state index contributed by atoms with van der Waals surface area (Å²) >= 11 is 1.82. The molecule has 3 heterocycles. The van der Waals surface area contributed by atoms with Gasteiger partial charge in [-0.3, -0.25) is 15.0 Å². The van der Waals surface area contributed by atoms with E-state index in [0.29, 0.717) is 5.88 Å². The summed E-state index contributed by atoms with van der Waals surface area (Å²) in [6.07, 6.45) is 1.11. The van der Waals surface area contributed by atoms with E-state index in [1.165, 1.54) is 4.88 Å². The van der Waals surface area contributed by atoms with Crippen molar-refractivity contribution in [3.63, 3.8) is 0 Å².